The van der Waals surface area contributed by atoms with Crippen LogP contribution in [0.4, 0.5) is 0 Å². The standard InChI is InChI=1S/C14H22N2S/c1-2-13-4-6-14(7-5-13)12-16-10-9-15-8-3-11-17/h2,4-7,15-17H,1,3,8-12H2. The van der Waals surface area contributed by atoms with E-state index in [4.69, 9.17) is 0 Å². The van der Waals surface area contributed by atoms with Gasteiger partial charge >= 0.3 is 0 Å². The number of rotatable bonds is 9. The van der Waals surface area contributed by atoms with Crippen molar-refractivity contribution in [3.8, 4) is 0 Å². The van der Waals surface area contributed by atoms with E-state index in [1.54, 1.807) is 0 Å². The van der Waals surface area contributed by atoms with Gasteiger partial charge in [0.1, 0.15) is 0 Å². The monoisotopic (exact) mass is 250 g/mol. The molecule has 0 saturated carbocycles. The van der Waals surface area contributed by atoms with Crippen LogP contribution >= 0.6 is 12.6 Å². The third kappa shape index (κ3) is 6.51. The number of hydrogen-bond acceptors (Lipinski definition) is 3. The highest BCUT2D eigenvalue weighted by molar-refractivity contribution is 7.80. The SMILES string of the molecule is C=Cc1ccc(CNCCNCCCS)cc1. The van der Waals surface area contributed by atoms with E-state index >= 15 is 0 Å². The fourth-order valence-corrected chi connectivity index (χ4v) is 1.67. The van der Waals surface area contributed by atoms with Crippen molar-refractivity contribution >= 4 is 18.7 Å². The summed E-state index contributed by atoms with van der Waals surface area (Å²) in [6, 6.07) is 8.46. The molecule has 3 heteroatoms. The predicted molar refractivity (Wildman–Crippen MR) is 79.6 cm³/mol. The molecule has 0 bridgehead atoms. The molecule has 1 rings (SSSR count). The molecule has 0 aliphatic heterocycles. The molecule has 0 amide bonds. The molecule has 2 nitrogen and oxygen atoms in total. The van der Waals surface area contributed by atoms with E-state index in [1.807, 2.05) is 6.08 Å². The Kier molecular flexibility index (Phi) is 7.80. The van der Waals surface area contributed by atoms with E-state index < -0.39 is 0 Å². The molecular formula is C14H22N2S. The lowest BCUT2D eigenvalue weighted by atomic mass is 10.1. The second kappa shape index (κ2) is 9.28. The molecular weight excluding hydrogens is 228 g/mol. The molecule has 0 fully saturated rings. The molecule has 0 aromatic heterocycles. The van der Waals surface area contributed by atoms with Crippen LogP contribution in [0, 0.1) is 0 Å². The Morgan fingerprint density at radius 3 is 2.41 bits per heavy atom. The van der Waals surface area contributed by atoms with Gasteiger partial charge in [-0.05, 0) is 29.8 Å². The van der Waals surface area contributed by atoms with Gasteiger partial charge in [0.05, 0.1) is 0 Å². The van der Waals surface area contributed by atoms with Crippen LogP contribution in [0.3, 0.4) is 0 Å². The molecule has 1 aromatic carbocycles. The van der Waals surface area contributed by atoms with Crippen molar-refractivity contribution in [2.75, 3.05) is 25.4 Å². The lowest BCUT2D eigenvalue weighted by Crippen LogP contribution is -2.27. The summed E-state index contributed by atoms with van der Waals surface area (Å²) in [6.45, 7) is 7.73. The summed E-state index contributed by atoms with van der Waals surface area (Å²) in [4.78, 5) is 0. The Balaban J connectivity index is 2.07. The highest BCUT2D eigenvalue weighted by Gasteiger charge is 1.92. The summed E-state index contributed by atoms with van der Waals surface area (Å²) in [5, 5.41) is 6.77. The van der Waals surface area contributed by atoms with Gasteiger partial charge in [-0.1, -0.05) is 36.9 Å². The first-order valence-corrected chi connectivity index (χ1v) is 6.73. The van der Waals surface area contributed by atoms with Crippen LogP contribution < -0.4 is 10.6 Å². The first-order chi connectivity index (χ1) is 8.36. The summed E-state index contributed by atoms with van der Waals surface area (Å²) < 4.78 is 0. The minimum atomic E-state index is 0.922. The van der Waals surface area contributed by atoms with E-state index in [0.29, 0.717) is 0 Å². The first kappa shape index (κ1) is 14.3. The first-order valence-electron chi connectivity index (χ1n) is 6.10. The maximum atomic E-state index is 4.17. The Hall–Kier alpha value is -0.770. The zero-order chi connectivity index (χ0) is 12.3. The lowest BCUT2D eigenvalue weighted by molar-refractivity contribution is 0.608. The number of nitrogens with one attached hydrogen (secondary N) is 2. The van der Waals surface area contributed by atoms with Crippen molar-refractivity contribution in [2.24, 2.45) is 0 Å². The molecule has 2 N–H and O–H groups in total. The predicted octanol–water partition coefficient (Wildman–Crippen LogP) is 2.33. The van der Waals surface area contributed by atoms with Gasteiger partial charge in [-0.25, -0.2) is 0 Å². The second-order valence-corrected chi connectivity index (χ2v) is 4.40. The average Bonchev–Trinajstić information content (AvgIpc) is 2.38. The molecule has 17 heavy (non-hydrogen) atoms. The Morgan fingerprint density at radius 1 is 1.06 bits per heavy atom. The van der Waals surface area contributed by atoms with Crippen LogP contribution in [0.2, 0.25) is 0 Å². The van der Waals surface area contributed by atoms with Crippen LogP contribution in [0.25, 0.3) is 6.08 Å². The van der Waals surface area contributed by atoms with Gasteiger partial charge in [0.2, 0.25) is 0 Å². The third-order valence-electron chi connectivity index (χ3n) is 2.53. The minimum Gasteiger partial charge on any atom is -0.315 e. The van der Waals surface area contributed by atoms with Gasteiger partial charge in [0.25, 0.3) is 0 Å². The van der Waals surface area contributed by atoms with Crippen molar-refractivity contribution in [1.29, 1.82) is 0 Å². The smallest absolute Gasteiger partial charge is 0.0206 e. The van der Waals surface area contributed by atoms with Crippen LogP contribution in [0.15, 0.2) is 30.8 Å². The summed E-state index contributed by atoms with van der Waals surface area (Å²) in [6.07, 6.45) is 2.99. The van der Waals surface area contributed by atoms with Gasteiger partial charge in [-0.2, -0.15) is 12.6 Å². The largest absolute Gasteiger partial charge is 0.315 e. The van der Waals surface area contributed by atoms with E-state index in [-0.39, 0.29) is 0 Å². The zero-order valence-corrected chi connectivity index (χ0v) is 11.2. The van der Waals surface area contributed by atoms with E-state index in [1.165, 1.54) is 11.1 Å². The molecule has 0 unspecified atom stereocenters. The van der Waals surface area contributed by atoms with Gasteiger partial charge in [-0.3, -0.25) is 0 Å². The normalized spacial score (nSPS) is 10.4. The molecule has 94 valence electrons. The maximum Gasteiger partial charge on any atom is 0.0206 e. The Labute approximate surface area is 110 Å². The molecule has 0 aliphatic carbocycles. The van der Waals surface area contributed by atoms with Gasteiger partial charge in [-0.15, -0.1) is 0 Å². The molecule has 0 spiro atoms. The zero-order valence-electron chi connectivity index (χ0n) is 10.3. The second-order valence-electron chi connectivity index (χ2n) is 3.95. The topological polar surface area (TPSA) is 24.1 Å². The number of thiol groups is 1. The van der Waals surface area contributed by atoms with E-state index in [2.05, 4.69) is 54.1 Å². The quantitative estimate of drug-likeness (QED) is 0.463. The summed E-state index contributed by atoms with van der Waals surface area (Å²) >= 11 is 4.17. The maximum absolute atomic E-state index is 4.17. The van der Waals surface area contributed by atoms with E-state index in [9.17, 15) is 0 Å². The van der Waals surface area contributed by atoms with Crippen molar-refractivity contribution in [3.63, 3.8) is 0 Å². The van der Waals surface area contributed by atoms with Crippen LogP contribution in [0.1, 0.15) is 17.5 Å². The average molecular weight is 250 g/mol. The molecule has 0 atom stereocenters. The molecule has 0 heterocycles. The highest BCUT2D eigenvalue weighted by Crippen LogP contribution is 2.04. The van der Waals surface area contributed by atoms with Crippen LogP contribution in [-0.2, 0) is 6.54 Å². The molecule has 0 aliphatic rings. The fraction of sp³-hybridized carbons (Fsp3) is 0.429. The van der Waals surface area contributed by atoms with Gasteiger partial charge < -0.3 is 10.6 Å². The van der Waals surface area contributed by atoms with Crippen molar-refractivity contribution in [1.82, 2.24) is 10.6 Å². The van der Waals surface area contributed by atoms with Crippen LogP contribution in [-0.4, -0.2) is 25.4 Å². The third-order valence-corrected chi connectivity index (χ3v) is 2.85. The van der Waals surface area contributed by atoms with Crippen molar-refractivity contribution in [3.05, 3.63) is 42.0 Å². The lowest BCUT2D eigenvalue weighted by Gasteiger charge is -2.06. The van der Waals surface area contributed by atoms with Crippen LogP contribution in [0.5, 0.6) is 0 Å². The van der Waals surface area contributed by atoms with Crippen molar-refractivity contribution in [2.45, 2.75) is 13.0 Å². The summed E-state index contributed by atoms with van der Waals surface area (Å²) in [5.41, 5.74) is 2.48. The minimum absolute atomic E-state index is 0.922. The fourth-order valence-electron chi connectivity index (χ4n) is 1.51. The summed E-state index contributed by atoms with van der Waals surface area (Å²) in [7, 11) is 0. The highest BCUT2D eigenvalue weighted by atomic mass is 32.1. The van der Waals surface area contributed by atoms with Crippen molar-refractivity contribution < 1.29 is 0 Å². The Morgan fingerprint density at radius 2 is 1.76 bits per heavy atom. The number of hydrogen-bond donors (Lipinski definition) is 3. The molecule has 1 aromatic rings. The Bertz CT molecular complexity index is 309. The van der Waals surface area contributed by atoms with Gasteiger partial charge in [0.15, 0.2) is 0 Å². The van der Waals surface area contributed by atoms with Gasteiger partial charge in [0, 0.05) is 19.6 Å². The summed E-state index contributed by atoms with van der Waals surface area (Å²) in [5.74, 6) is 0.954. The van der Waals surface area contributed by atoms with E-state index in [0.717, 1.165) is 38.4 Å². The number of benzene rings is 1. The molecule has 0 saturated heterocycles. The molecule has 0 radical (unpaired) electrons.